The Bertz CT molecular complexity index is 467. The number of nitrogens with zero attached hydrogens (tertiary/aromatic N) is 2. The standard InChI is InChI=1S/C10H13N3.C2HF3O2/c1-3-8-7-10(4-1,13-8)9-11-5-2-6-12-9;3-2(4,5)1(6)7/h2,5-6,8,13H,1,3-4,7H2;(H,6,7). The van der Waals surface area contributed by atoms with Crippen molar-refractivity contribution in [3.05, 3.63) is 24.3 Å². The lowest BCUT2D eigenvalue weighted by Gasteiger charge is -2.52. The number of piperidine rings is 1. The molecule has 1 saturated carbocycles. The number of alkyl halides is 3. The maximum absolute atomic E-state index is 10.6. The fraction of sp³-hybridized carbons (Fsp3) is 0.583. The number of nitrogens with one attached hydrogen (secondary N) is 1. The van der Waals surface area contributed by atoms with E-state index in [4.69, 9.17) is 9.90 Å². The molecule has 0 aromatic carbocycles. The average molecular weight is 289 g/mol. The summed E-state index contributed by atoms with van der Waals surface area (Å²) in [6.45, 7) is 0. The topological polar surface area (TPSA) is 75.1 Å². The maximum Gasteiger partial charge on any atom is 0.490 e. The molecule has 2 unspecified atom stereocenters. The minimum atomic E-state index is -5.08. The summed E-state index contributed by atoms with van der Waals surface area (Å²) in [5.74, 6) is -1.77. The first-order chi connectivity index (χ1) is 9.33. The molecule has 4 rings (SSSR count). The Labute approximate surface area is 113 Å². The van der Waals surface area contributed by atoms with E-state index < -0.39 is 12.1 Å². The molecule has 8 heteroatoms. The Morgan fingerprint density at radius 3 is 2.35 bits per heavy atom. The molecule has 3 fully saturated rings. The molecule has 110 valence electrons. The normalized spacial score (nSPS) is 27.9. The molecule has 0 spiro atoms. The molecule has 3 heterocycles. The zero-order chi connectivity index (χ0) is 14.8. The lowest BCUT2D eigenvalue weighted by molar-refractivity contribution is -0.192. The third kappa shape index (κ3) is 3.06. The number of hydrogen-bond donors (Lipinski definition) is 2. The van der Waals surface area contributed by atoms with Gasteiger partial charge in [0.1, 0.15) is 5.82 Å². The predicted molar refractivity (Wildman–Crippen MR) is 62.8 cm³/mol. The zero-order valence-electron chi connectivity index (χ0n) is 10.5. The first kappa shape index (κ1) is 14.7. The lowest BCUT2D eigenvalue weighted by Crippen LogP contribution is -2.64. The van der Waals surface area contributed by atoms with Gasteiger partial charge in [-0.15, -0.1) is 0 Å². The van der Waals surface area contributed by atoms with E-state index in [0.29, 0.717) is 0 Å². The summed E-state index contributed by atoms with van der Waals surface area (Å²) < 4.78 is 31.7. The van der Waals surface area contributed by atoms with E-state index in [1.807, 2.05) is 18.5 Å². The molecule has 2 aliphatic heterocycles. The summed E-state index contributed by atoms with van der Waals surface area (Å²) >= 11 is 0. The number of fused-ring (bicyclic) bond motifs is 2. The van der Waals surface area contributed by atoms with E-state index in [-0.39, 0.29) is 5.54 Å². The third-order valence-electron chi connectivity index (χ3n) is 3.47. The van der Waals surface area contributed by atoms with E-state index in [9.17, 15) is 13.2 Å². The highest BCUT2D eigenvalue weighted by Gasteiger charge is 2.49. The number of carboxylic acid groups (broad SMARTS) is 1. The van der Waals surface area contributed by atoms with Crippen LogP contribution in [0.25, 0.3) is 0 Å². The molecule has 2 saturated heterocycles. The van der Waals surface area contributed by atoms with Crippen molar-refractivity contribution in [2.24, 2.45) is 0 Å². The van der Waals surface area contributed by atoms with E-state index in [2.05, 4.69) is 15.3 Å². The van der Waals surface area contributed by atoms with Gasteiger partial charge in [-0.1, -0.05) is 0 Å². The molecule has 1 aromatic rings. The summed E-state index contributed by atoms with van der Waals surface area (Å²) in [4.78, 5) is 17.6. The highest BCUT2D eigenvalue weighted by Crippen LogP contribution is 2.43. The van der Waals surface area contributed by atoms with Gasteiger partial charge in [0, 0.05) is 18.4 Å². The summed E-state index contributed by atoms with van der Waals surface area (Å²) in [7, 11) is 0. The Morgan fingerprint density at radius 1 is 1.40 bits per heavy atom. The van der Waals surface area contributed by atoms with Gasteiger partial charge in [-0.3, -0.25) is 0 Å². The number of hydrogen-bond acceptors (Lipinski definition) is 4. The second-order valence-corrected chi connectivity index (χ2v) is 4.90. The largest absolute Gasteiger partial charge is 0.490 e. The van der Waals surface area contributed by atoms with Crippen LogP contribution in [0, 0.1) is 0 Å². The average Bonchev–Trinajstić information content (AvgIpc) is 2.39. The zero-order valence-corrected chi connectivity index (χ0v) is 10.5. The summed E-state index contributed by atoms with van der Waals surface area (Å²) in [6, 6.07) is 2.61. The number of carboxylic acids is 1. The lowest BCUT2D eigenvalue weighted by atomic mass is 9.70. The Morgan fingerprint density at radius 2 is 1.95 bits per heavy atom. The first-order valence-electron chi connectivity index (χ1n) is 6.19. The Hall–Kier alpha value is -1.70. The number of aromatic nitrogens is 2. The van der Waals surface area contributed by atoms with Crippen molar-refractivity contribution in [3.8, 4) is 0 Å². The highest BCUT2D eigenvalue weighted by molar-refractivity contribution is 5.73. The van der Waals surface area contributed by atoms with Crippen molar-refractivity contribution in [2.45, 2.75) is 43.4 Å². The van der Waals surface area contributed by atoms with Crippen LogP contribution in [0.15, 0.2) is 18.5 Å². The van der Waals surface area contributed by atoms with Crippen molar-refractivity contribution in [2.75, 3.05) is 0 Å². The monoisotopic (exact) mass is 289 g/mol. The SMILES string of the molecule is O=C(O)C(F)(F)F.c1cnc(C23CCCC(C2)N3)nc1. The number of carbonyl (C=O) groups is 1. The molecule has 2 atom stereocenters. The summed E-state index contributed by atoms with van der Waals surface area (Å²) in [5, 5.41) is 10.7. The van der Waals surface area contributed by atoms with Gasteiger partial charge in [0.15, 0.2) is 0 Å². The molecule has 2 N–H and O–H groups in total. The smallest absolute Gasteiger partial charge is 0.475 e. The summed E-state index contributed by atoms with van der Waals surface area (Å²) in [6.07, 6.45) is 3.66. The maximum atomic E-state index is 10.6. The number of rotatable bonds is 1. The fourth-order valence-electron chi connectivity index (χ4n) is 2.60. The van der Waals surface area contributed by atoms with Gasteiger partial charge in [-0.25, -0.2) is 14.8 Å². The molecular formula is C12H14F3N3O2. The van der Waals surface area contributed by atoms with Crippen LogP contribution in [-0.2, 0) is 10.3 Å². The van der Waals surface area contributed by atoms with E-state index in [1.54, 1.807) is 0 Å². The molecule has 3 aliphatic rings. The van der Waals surface area contributed by atoms with Gasteiger partial charge in [-0.2, -0.15) is 13.2 Å². The molecule has 1 aromatic heterocycles. The van der Waals surface area contributed by atoms with Crippen molar-refractivity contribution < 1.29 is 23.1 Å². The quantitative estimate of drug-likeness (QED) is 0.825. The van der Waals surface area contributed by atoms with Crippen LogP contribution in [0.1, 0.15) is 31.5 Å². The highest BCUT2D eigenvalue weighted by atomic mass is 19.4. The van der Waals surface area contributed by atoms with Crippen LogP contribution in [0.2, 0.25) is 0 Å². The fourth-order valence-corrected chi connectivity index (χ4v) is 2.60. The molecule has 20 heavy (non-hydrogen) atoms. The van der Waals surface area contributed by atoms with E-state index >= 15 is 0 Å². The molecule has 5 nitrogen and oxygen atoms in total. The van der Waals surface area contributed by atoms with Crippen molar-refractivity contribution in [1.29, 1.82) is 0 Å². The number of aliphatic carboxylic acids is 1. The Kier molecular flexibility index (Phi) is 3.94. The van der Waals surface area contributed by atoms with Crippen LogP contribution in [0.5, 0.6) is 0 Å². The molecule has 0 radical (unpaired) electrons. The minimum absolute atomic E-state index is 0.143. The van der Waals surface area contributed by atoms with Gasteiger partial charge < -0.3 is 10.4 Å². The van der Waals surface area contributed by atoms with Crippen LogP contribution in [0.4, 0.5) is 13.2 Å². The number of halogens is 3. The summed E-state index contributed by atoms with van der Waals surface area (Å²) in [5.41, 5.74) is 0.143. The van der Waals surface area contributed by atoms with Crippen molar-refractivity contribution in [1.82, 2.24) is 15.3 Å². The van der Waals surface area contributed by atoms with Crippen molar-refractivity contribution >= 4 is 5.97 Å². The van der Waals surface area contributed by atoms with Gasteiger partial charge in [-0.05, 0) is 31.7 Å². The molecule has 0 amide bonds. The molecule has 2 bridgehead atoms. The van der Waals surface area contributed by atoms with Crippen molar-refractivity contribution in [3.63, 3.8) is 0 Å². The van der Waals surface area contributed by atoms with Crippen LogP contribution < -0.4 is 5.32 Å². The Balaban J connectivity index is 0.000000182. The third-order valence-corrected chi connectivity index (χ3v) is 3.47. The second-order valence-electron chi connectivity index (χ2n) is 4.90. The van der Waals surface area contributed by atoms with Gasteiger partial charge in [0.05, 0.1) is 5.54 Å². The van der Waals surface area contributed by atoms with E-state index in [0.717, 1.165) is 11.9 Å². The van der Waals surface area contributed by atoms with Gasteiger partial charge in [0.25, 0.3) is 0 Å². The molecule has 1 aliphatic carbocycles. The van der Waals surface area contributed by atoms with Crippen LogP contribution in [-0.4, -0.2) is 33.3 Å². The van der Waals surface area contributed by atoms with Crippen LogP contribution in [0.3, 0.4) is 0 Å². The molecular weight excluding hydrogens is 275 g/mol. The van der Waals surface area contributed by atoms with E-state index in [1.165, 1.54) is 25.7 Å². The second kappa shape index (κ2) is 5.35. The predicted octanol–water partition coefficient (Wildman–Crippen LogP) is 1.85. The minimum Gasteiger partial charge on any atom is -0.475 e. The first-order valence-corrected chi connectivity index (χ1v) is 6.19. The van der Waals surface area contributed by atoms with Crippen LogP contribution >= 0.6 is 0 Å². The van der Waals surface area contributed by atoms with Gasteiger partial charge in [0.2, 0.25) is 0 Å². The van der Waals surface area contributed by atoms with Gasteiger partial charge >= 0.3 is 12.1 Å².